The van der Waals surface area contributed by atoms with Crippen molar-refractivity contribution in [3.8, 4) is 0 Å². The highest BCUT2D eigenvalue weighted by Gasteiger charge is 2.14. The molecule has 0 aliphatic heterocycles. The number of ether oxygens (including phenoxy) is 1. The van der Waals surface area contributed by atoms with Crippen molar-refractivity contribution in [3.05, 3.63) is 36.5 Å². The van der Waals surface area contributed by atoms with Gasteiger partial charge in [0.25, 0.3) is 0 Å². The second kappa shape index (κ2) is 37.6. The summed E-state index contributed by atoms with van der Waals surface area (Å²) in [7, 11) is 0. The first-order valence-corrected chi connectivity index (χ1v) is 20.0. The van der Waals surface area contributed by atoms with Gasteiger partial charge in [0.05, 0.1) is 0 Å². The molecule has 0 spiro atoms. The zero-order valence-corrected chi connectivity index (χ0v) is 30.6. The minimum atomic E-state index is -0.673. The summed E-state index contributed by atoms with van der Waals surface area (Å²) < 4.78 is 6.04. The van der Waals surface area contributed by atoms with Gasteiger partial charge in [0.15, 0.2) is 0 Å². The van der Waals surface area contributed by atoms with Gasteiger partial charge in [-0.3, -0.25) is 9.59 Å². The first kappa shape index (κ1) is 44.2. The maximum absolute atomic E-state index is 12.7. The molecule has 0 aromatic rings. The van der Waals surface area contributed by atoms with E-state index in [2.05, 4.69) is 50.3 Å². The summed E-state index contributed by atoms with van der Waals surface area (Å²) in [5, 5.41) is 8.70. The van der Waals surface area contributed by atoms with Crippen molar-refractivity contribution in [2.45, 2.75) is 219 Å². The van der Waals surface area contributed by atoms with Crippen LogP contribution in [-0.4, -0.2) is 23.1 Å². The van der Waals surface area contributed by atoms with Crippen molar-refractivity contribution >= 4 is 11.9 Å². The molecule has 0 radical (unpaired) electrons. The largest absolute Gasteiger partial charge is 0.481 e. The van der Waals surface area contributed by atoms with Gasteiger partial charge in [0.1, 0.15) is 6.10 Å². The minimum Gasteiger partial charge on any atom is -0.481 e. The maximum Gasteiger partial charge on any atom is 0.306 e. The molecule has 0 saturated heterocycles. The fourth-order valence-electron chi connectivity index (χ4n) is 5.96. The summed E-state index contributed by atoms with van der Waals surface area (Å²) in [5.41, 5.74) is 0. The summed E-state index contributed by atoms with van der Waals surface area (Å²) in [4.78, 5) is 23.2. The van der Waals surface area contributed by atoms with Crippen molar-refractivity contribution < 1.29 is 19.4 Å². The van der Waals surface area contributed by atoms with Crippen LogP contribution in [0.15, 0.2) is 36.5 Å². The van der Waals surface area contributed by atoms with Crippen LogP contribution in [0.1, 0.15) is 213 Å². The molecular weight excluding hydrogens is 568 g/mol. The summed E-state index contributed by atoms with van der Waals surface area (Å²) >= 11 is 0. The van der Waals surface area contributed by atoms with Crippen molar-refractivity contribution in [1.29, 1.82) is 0 Å². The Kier molecular flexibility index (Phi) is 36.1. The summed E-state index contributed by atoms with van der Waals surface area (Å²) in [6.45, 7) is 4.43. The molecule has 0 amide bonds. The van der Waals surface area contributed by atoms with Gasteiger partial charge in [-0.25, -0.2) is 0 Å². The average molecular weight is 645 g/mol. The summed E-state index contributed by atoms with van der Waals surface area (Å²) in [5.74, 6) is -0.648. The highest BCUT2D eigenvalue weighted by atomic mass is 16.5. The predicted octanol–water partition coefficient (Wildman–Crippen LogP) is 13.8. The van der Waals surface area contributed by atoms with Crippen LogP contribution in [0.2, 0.25) is 0 Å². The smallest absolute Gasteiger partial charge is 0.306 e. The first-order chi connectivity index (χ1) is 22.6. The van der Waals surface area contributed by atoms with E-state index in [4.69, 9.17) is 9.84 Å². The molecule has 0 bridgehead atoms. The van der Waals surface area contributed by atoms with Crippen molar-refractivity contribution in [2.24, 2.45) is 0 Å². The third kappa shape index (κ3) is 36.6. The molecule has 0 rings (SSSR count). The van der Waals surface area contributed by atoms with Gasteiger partial charge in [0, 0.05) is 12.8 Å². The number of aliphatic carboxylic acids is 1. The van der Waals surface area contributed by atoms with Crippen LogP contribution in [0.4, 0.5) is 0 Å². The highest BCUT2D eigenvalue weighted by molar-refractivity contribution is 5.69. The van der Waals surface area contributed by atoms with Crippen LogP contribution in [0.5, 0.6) is 0 Å². The third-order valence-corrected chi connectivity index (χ3v) is 8.88. The molecule has 1 atom stereocenters. The number of esters is 1. The highest BCUT2D eigenvalue weighted by Crippen LogP contribution is 2.19. The zero-order chi connectivity index (χ0) is 33.6. The lowest BCUT2D eigenvalue weighted by Gasteiger charge is -2.18. The van der Waals surface area contributed by atoms with Crippen LogP contribution in [-0.2, 0) is 14.3 Å². The predicted molar refractivity (Wildman–Crippen MR) is 199 cm³/mol. The van der Waals surface area contributed by atoms with Crippen molar-refractivity contribution in [3.63, 3.8) is 0 Å². The van der Waals surface area contributed by atoms with E-state index in [0.717, 1.165) is 64.2 Å². The molecule has 0 aliphatic carbocycles. The fourth-order valence-corrected chi connectivity index (χ4v) is 5.96. The van der Waals surface area contributed by atoms with E-state index in [1.165, 1.54) is 122 Å². The second-order valence-electron chi connectivity index (χ2n) is 13.4. The van der Waals surface area contributed by atoms with E-state index in [-0.39, 0.29) is 12.1 Å². The number of carboxylic acids is 1. The molecule has 4 nitrogen and oxygen atoms in total. The molecule has 0 fully saturated rings. The van der Waals surface area contributed by atoms with E-state index in [0.29, 0.717) is 12.8 Å². The maximum atomic E-state index is 12.7. The standard InChI is InChI=1S/C42H76O4/c1-3-5-7-9-11-12-13-14-15-16-20-23-27-31-35-39-42(45)46-40(36-32-28-24-10-8-6-4-2)37-33-29-25-21-18-17-19-22-26-30-34-38-41(43)44/h5,7,11-12,14-15,40H,3-4,6,8-10,13,16-39H2,1-2H3,(H,43,44)/b7-5-,12-11-,15-14-. The minimum absolute atomic E-state index is 0.0251. The molecule has 4 heteroatoms. The van der Waals surface area contributed by atoms with Gasteiger partial charge >= 0.3 is 11.9 Å². The number of hydrogen-bond acceptors (Lipinski definition) is 3. The monoisotopic (exact) mass is 645 g/mol. The Labute approximate surface area is 286 Å². The van der Waals surface area contributed by atoms with Crippen LogP contribution in [0.25, 0.3) is 0 Å². The van der Waals surface area contributed by atoms with Gasteiger partial charge in [0.2, 0.25) is 0 Å². The number of hydrogen-bond donors (Lipinski definition) is 1. The van der Waals surface area contributed by atoms with Crippen molar-refractivity contribution in [1.82, 2.24) is 0 Å². The van der Waals surface area contributed by atoms with E-state index < -0.39 is 5.97 Å². The lowest BCUT2D eigenvalue weighted by Crippen LogP contribution is -2.18. The van der Waals surface area contributed by atoms with E-state index in [1.54, 1.807) is 0 Å². The van der Waals surface area contributed by atoms with Crippen LogP contribution in [0.3, 0.4) is 0 Å². The average Bonchev–Trinajstić information content (AvgIpc) is 3.04. The molecule has 0 aliphatic rings. The molecule has 1 unspecified atom stereocenters. The van der Waals surface area contributed by atoms with Gasteiger partial charge in [-0.05, 0) is 70.6 Å². The third-order valence-electron chi connectivity index (χ3n) is 8.88. The van der Waals surface area contributed by atoms with Crippen LogP contribution < -0.4 is 0 Å². The molecule has 46 heavy (non-hydrogen) atoms. The van der Waals surface area contributed by atoms with Crippen LogP contribution >= 0.6 is 0 Å². The second-order valence-corrected chi connectivity index (χ2v) is 13.4. The zero-order valence-electron chi connectivity index (χ0n) is 30.6. The quantitative estimate of drug-likeness (QED) is 0.0419. The van der Waals surface area contributed by atoms with Gasteiger partial charge in [-0.15, -0.1) is 0 Å². The Morgan fingerprint density at radius 2 is 0.913 bits per heavy atom. The van der Waals surface area contributed by atoms with Gasteiger partial charge < -0.3 is 9.84 Å². The van der Waals surface area contributed by atoms with Gasteiger partial charge in [-0.2, -0.15) is 0 Å². The molecule has 0 heterocycles. The molecule has 0 aromatic heterocycles. The topological polar surface area (TPSA) is 63.6 Å². The lowest BCUT2D eigenvalue weighted by molar-refractivity contribution is -0.150. The Morgan fingerprint density at radius 1 is 0.500 bits per heavy atom. The molecule has 1 N–H and O–H groups in total. The fraction of sp³-hybridized carbons (Fsp3) is 0.810. The SMILES string of the molecule is CC/C=C\C/C=C\C/C=C\CCCCCCCC(=O)OC(CCCCCCCCC)CCCCCCCCCCCCCC(=O)O. The number of carboxylic acid groups (broad SMARTS) is 1. The van der Waals surface area contributed by atoms with E-state index in [1.807, 2.05) is 0 Å². The number of carbonyl (C=O) groups is 2. The summed E-state index contributed by atoms with van der Waals surface area (Å²) in [6.07, 6.45) is 48.9. The Morgan fingerprint density at radius 3 is 1.41 bits per heavy atom. The lowest BCUT2D eigenvalue weighted by atomic mass is 10.0. The Hall–Kier alpha value is -1.84. The molecule has 0 aromatic carbocycles. The van der Waals surface area contributed by atoms with E-state index in [9.17, 15) is 9.59 Å². The van der Waals surface area contributed by atoms with Crippen molar-refractivity contribution in [2.75, 3.05) is 0 Å². The molecule has 0 saturated carbocycles. The van der Waals surface area contributed by atoms with E-state index >= 15 is 0 Å². The molecular formula is C42H76O4. The normalized spacial score (nSPS) is 12.6. The number of rotatable bonds is 36. The summed E-state index contributed by atoms with van der Waals surface area (Å²) in [6, 6.07) is 0. The first-order valence-electron chi connectivity index (χ1n) is 20.0. The molecule has 268 valence electrons. The van der Waals surface area contributed by atoms with Gasteiger partial charge in [-0.1, -0.05) is 166 Å². The number of allylic oxidation sites excluding steroid dienone is 6. The Bertz CT molecular complexity index is 738. The number of unbranched alkanes of at least 4 members (excludes halogenated alkanes) is 21. The van der Waals surface area contributed by atoms with Crippen LogP contribution in [0, 0.1) is 0 Å². The number of carbonyl (C=O) groups excluding carboxylic acids is 1. The Balaban J connectivity index is 4.02.